The molecule has 0 saturated carbocycles. The van der Waals surface area contributed by atoms with Gasteiger partial charge < -0.3 is 24.8 Å². The summed E-state index contributed by atoms with van der Waals surface area (Å²) in [7, 11) is 0. The highest BCUT2D eigenvalue weighted by Gasteiger charge is 2.15. The molecule has 0 radical (unpaired) electrons. The lowest BCUT2D eigenvalue weighted by molar-refractivity contribution is 0.122. The van der Waals surface area contributed by atoms with E-state index >= 15 is 0 Å². The van der Waals surface area contributed by atoms with E-state index in [1.54, 1.807) is 0 Å². The van der Waals surface area contributed by atoms with Crippen molar-refractivity contribution in [2.75, 3.05) is 44.3 Å². The van der Waals surface area contributed by atoms with Crippen LogP contribution in [0.5, 0.6) is 0 Å². The van der Waals surface area contributed by atoms with Gasteiger partial charge in [0.1, 0.15) is 5.82 Å². The van der Waals surface area contributed by atoms with Crippen LogP contribution in [0, 0.1) is 0 Å². The van der Waals surface area contributed by atoms with Crippen LogP contribution in [0.3, 0.4) is 0 Å². The Morgan fingerprint density at radius 3 is 2.70 bits per heavy atom. The number of rotatable bonds is 7. The van der Waals surface area contributed by atoms with Gasteiger partial charge >= 0.3 is 0 Å². The van der Waals surface area contributed by atoms with E-state index in [0.29, 0.717) is 6.54 Å². The van der Waals surface area contributed by atoms with Crippen molar-refractivity contribution >= 4 is 35.8 Å². The van der Waals surface area contributed by atoms with Gasteiger partial charge in [0.05, 0.1) is 19.8 Å². The number of morpholine rings is 1. The summed E-state index contributed by atoms with van der Waals surface area (Å²) in [6.45, 7) is 8.50. The van der Waals surface area contributed by atoms with Gasteiger partial charge in [-0.3, -0.25) is 0 Å². The molecule has 3 heterocycles. The second kappa shape index (κ2) is 11.8. The van der Waals surface area contributed by atoms with Crippen LogP contribution >= 0.6 is 24.0 Å². The van der Waals surface area contributed by atoms with Crippen molar-refractivity contribution in [3.63, 3.8) is 0 Å². The van der Waals surface area contributed by atoms with Gasteiger partial charge in [-0.25, -0.2) is 9.98 Å². The molecule has 2 aromatic rings. The maximum atomic E-state index is 5.45. The Morgan fingerprint density at radius 1 is 1.19 bits per heavy atom. The number of anilines is 1. The molecule has 2 N–H and O–H groups in total. The quantitative estimate of drug-likeness (QED) is 0.358. The Balaban J connectivity index is 0.00000261. The molecule has 1 fully saturated rings. The van der Waals surface area contributed by atoms with E-state index in [0.717, 1.165) is 63.3 Å². The van der Waals surface area contributed by atoms with Crippen LogP contribution in [0.15, 0.2) is 47.8 Å². The fourth-order valence-corrected chi connectivity index (χ4v) is 2.94. The van der Waals surface area contributed by atoms with Crippen molar-refractivity contribution in [1.82, 2.24) is 20.2 Å². The molecular formula is C19H29IN6O. The highest BCUT2D eigenvalue weighted by atomic mass is 127. The van der Waals surface area contributed by atoms with Crippen LogP contribution in [-0.4, -0.2) is 54.9 Å². The first-order valence-electron chi connectivity index (χ1n) is 9.26. The molecule has 1 aliphatic rings. The summed E-state index contributed by atoms with van der Waals surface area (Å²) < 4.78 is 7.59. The van der Waals surface area contributed by atoms with Crippen LogP contribution < -0.4 is 15.5 Å². The molecule has 8 heteroatoms. The lowest BCUT2D eigenvalue weighted by atomic mass is 10.2. The van der Waals surface area contributed by atoms with Gasteiger partial charge in [-0.05, 0) is 25.1 Å². The first kappa shape index (κ1) is 21.5. The predicted molar refractivity (Wildman–Crippen MR) is 120 cm³/mol. The maximum Gasteiger partial charge on any atom is 0.191 e. The number of hydrogen-bond donors (Lipinski definition) is 2. The highest BCUT2D eigenvalue weighted by molar-refractivity contribution is 14.0. The second-order valence-electron chi connectivity index (χ2n) is 6.13. The zero-order valence-corrected chi connectivity index (χ0v) is 18.1. The number of aliphatic imine (C=N–C) groups is 1. The standard InChI is InChI=1S/C19H28N6O.HI/c1-2-20-19(22-8-11-24-9-3-4-10-24)23-16-17-6-5-7-21-18(17)25-12-14-26-15-13-25;/h3-7,9-10H,2,8,11-16H2,1H3,(H2,20,22,23);1H. The van der Waals surface area contributed by atoms with Crippen LogP contribution in [0.4, 0.5) is 5.82 Å². The first-order chi connectivity index (χ1) is 12.9. The van der Waals surface area contributed by atoms with E-state index in [1.165, 1.54) is 0 Å². The third-order valence-corrected chi connectivity index (χ3v) is 4.26. The summed E-state index contributed by atoms with van der Waals surface area (Å²) in [4.78, 5) is 11.6. The van der Waals surface area contributed by atoms with Crippen molar-refractivity contribution in [3.8, 4) is 0 Å². The minimum atomic E-state index is 0. The highest BCUT2D eigenvalue weighted by Crippen LogP contribution is 2.19. The average molecular weight is 484 g/mol. The molecule has 7 nitrogen and oxygen atoms in total. The SMILES string of the molecule is CCNC(=NCc1cccnc1N1CCOCC1)NCCn1cccc1.I. The van der Waals surface area contributed by atoms with Gasteiger partial charge in [-0.2, -0.15) is 0 Å². The minimum Gasteiger partial charge on any atom is -0.378 e. The molecule has 0 amide bonds. The van der Waals surface area contributed by atoms with Gasteiger partial charge in [-0.15, -0.1) is 24.0 Å². The summed E-state index contributed by atoms with van der Waals surface area (Å²) in [5.41, 5.74) is 1.14. The minimum absolute atomic E-state index is 0. The lowest BCUT2D eigenvalue weighted by Gasteiger charge is -2.29. The molecular weight excluding hydrogens is 455 g/mol. The molecule has 0 aromatic carbocycles. The summed E-state index contributed by atoms with van der Waals surface area (Å²) in [6, 6.07) is 8.15. The number of nitrogens with one attached hydrogen (secondary N) is 2. The molecule has 2 aromatic heterocycles. The van der Waals surface area contributed by atoms with Crippen molar-refractivity contribution in [2.24, 2.45) is 4.99 Å². The monoisotopic (exact) mass is 484 g/mol. The molecule has 0 bridgehead atoms. The van der Waals surface area contributed by atoms with Gasteiger partial charge in [0.2, 0.25) is 0 Å². The molecule has 0 unspecified atom stereocenters. The van der Waals surface area contributed by atoms with Gasteiger partial charge in [0.15, 0.2) is 5.96 Å². The fraction of sp³-hybridized carbons (Fsp3) is 0.474. The third-order valence-electron chi connectivity index (χ3n) is 4.26. The molecule has 0 spiro atoms. The van der Waals surface area contributed by atoms with Gasteiger partial charge in [-0.1, -0.05) is 6.07 Å². The number of nitrogens with zero attached hydrogens (tertiary/aromatic N) is 4. The Morgan fingerprint density at radius 2 is 1.96 bits per heavy atom. The Kier molecular flexibility index (Phi) is 9.40. The Hall–Kier alpha value is -1.81. The normalized spacial score (nSPS) is 14.6. The van der Waals surface area contributed by atoms with Crippen molar-refractivity contribution < 1.29 is 4.74 Å². The van der Waals surface area contributed by atoms with Crippen LogP contribution in [0.25, 0.3) is 0 Å². The molecule has 1 aliphatic heterocycles. The average Bonchev–Trinajstić information content (AvgIpc) is 3.20. The topological polar surface area (TPSA) is 66.7 Å². The van der Waals surface area contributed by atoms with E-state index in [4.69, 9.17) is 9.73 Å². The number of aromatic nitrogens is 2. The molecule has 27 heavy (non-hydrogen) atoms. The van der Waals surface area contributed by atoms with E-state index in [9.17, 15) is 0 Å². The van der Waals surface area contributed by atoms with Crippen LogP contribution in [0.1, 0.15) is 12.5 Å². The Bertz CT molecular complexity index is 685. The largest absolute Gasteiger partial charge is 0.378 e. The number of pyridine rings is 1. The third kappa shape index (κ3) is 6.69. The lowest BCUT2D eigenvalue weighted by Crippen LogP contribution is -2.39. The summed E-state index contributed by atoms with van der Waals surface area (Å²) in [5, 5.41) is 6.70. The first-order valence-corrected chi connectivity index (χ1v) is 9.26. The zero-order chi connectivity index (χ0) is 18.0. The van der Waals surface area contributed by atoms with Crippen molar-refractivity contribution in [2.45, 2.75) is 20.0 Å². The number of ether oxygens (including phenoxy) is 1. The maximum absolute atomic E-state index is 5.45. The number of guanidine groups is 1. The molecule has 0 atom stereocenters. The second-order valence-corrected chi connectivity index (χ2v) is 6.13. The fourth-order valence-electron chi connectivity index (χ4n) is 2.94. The van der Waals surface area contributed by atoms with Crippen molar-refractivity contribution in [1.29, 1.82) is 0 Å². The van der Waals surface area contributed by atoms with E-state index in [-0.39, 0.29) is 24.0 Å². The zero-order valence-electron chi connectivity index (χ0n) is 15.8. The van der Waals surface area contributed by atoms with E-state index < -0.39 is 0 Å². The van der Waals surface area contributed by atoms with Gasteiger partial charge in [0, 0.05) is 56.9 Å². The van der Waals surface area contributed by atoms with Gasteiger partial charge in [0.25, 0.3) is 0 Å². The summed E-state index contributed by atoms with van der Waals surface area (Å²) >= 11 is 0. The number of hydrogen-bond acceptors (Lipinski definition) is 4. The predicted octanol–water partition coefficient (Wildman–Crippen LogP) is 2.09. The van der Waals surface area contributed by atoms with E-state index in [2.05, 4.69) is 50.5 Å². The summed E-state index contributed by atoms with van der Waals surface area (Å²) in [6.07, 6.45) is 5.98. The molecule has 148 valence electrons. The summed E-state index contributed by atoms with van der Waals surface area (Å²) in [5.74, 6) is 1.85. The molecule has 1 saturated heterocycles. The van der Waals surface area contributed by atoms with Crippen LogP contribution in [0.2, 0.25) is 0 Å². The smallest absolute Gasteiger partial charge is 0.191 e. The molecule has 3 rings (SSSR count). The van der Waals surface area contributed by atoms with Crippen molar-refractivity contribution in [3.05, 3.63) is 48.4 Å². The number of halogens is 1. The van der Waals surface area contributed by atoms with Crippen LogP contribution in [-0.2, 0) is 17.8 Å². The molecule has 0 aliphatic carbocycles. The Labute approximate surface area is 178 Å². The van der Waals surface area contributed by atoms with E-state index in [1.807, 2.05) is 24.4 Å².